The molecule has 3 N–H and O–H groups in total. The molecule has 0 saturated carbocycles. The molecule has 0 unspecified atom stereocenters. The number of phenolic OH excluding ortho intramolecular Hbond substituents is 1. The lowest BCUT2D eigenvalue weighted by atomic mass is 10.1. The van der Waals surface area contributed by atoms with Gasteiger partial charge in [0, 0.05) is 0 Å². The van der Waals surface area contributed by atoms with Crippen molar-refractivity contribution in [2.24, 2.45) is 5.84 Å². The standard InChI is InChI=1S/C14H14N2O2.ClH/c15-16(12-8-4-5-9-13(12)17)14(18)10-11-6-2-1-3-7-11;/h1-9,17H,10,15H2;1H. The van der Waals surface area contributed by atoms with Crippen molar-refractivity contribution in [3.8, 4) is 5.75 Å². The third kappa shape index (κ3) is 3.71. The number of phenols is 1. The number of carbonyl (C=O) groups excluding carboxylic acids is 1. The summed E-state index contributed by atoms with van der Waals surface area (Å²) < 4.78 is 0. The Balaban J connectivity index is 0.00000180. The monoisotopic (exact) mass is 278 g/mol. The summed E-state index contributed by atoms with van der Waals surface area (Å²) in [4.78, 5) is 12.0. The fourth-order valence-electron chi connectivity index (χ4n) is 1.66. The van der Waals surface area contributed by atoms with Gasteiger partial charge in [-0.3, -0.25) is 4.79 Å². The number of halogens is 1. The summed E-state index contributed by atoms with van der Waals surface area (Å²) >= 11 is 0. The van der Waals surface area contributed by atoms with E-state index in [4.69, 9.17) is 5.84 Å². The second-order valence-corrected chi connectivity index (χ2v) is 3.91. The number of para-hydroxylation sites is 2. The fourth-order valence-corrected chi connectivity index (χ4v) is 1.66. The Labute approximate surface area is 117 Å². The number of anilines is 1. The van der Waals surface area contributed by atoms with Crippen LogP contribution in [0.25, 0.3) is 0 Å². The highest BCUT2D eigenvalue weighted by atomic mass is 35.5. The molecule has 0 atom stereocenters. The number of hydrogen-bond acceptors (Lipinski definition) is 3. The SMILES string of the molecule is Cl.NN(C(=O)Cc1ccccc1)c1ccccc1O. The average molecular weight is 279 g/mol. The molecule has 0 bridgehead atoms. The zero-order valence-corrected chi connectivity index (χ0v) is 11.0. The van der Waals surface area contributed by atoms with Gasteiger partial charge in [-0.25, -0.2) is 10.9 Å². The van der Waals surface area contributed by atoms with Gasteiger partial charge in [0.2, 0.25) is 5.91 Å². The van der Waals surface area contributed by atoms with E-state index >= 15 is 0 Å². The Morgan fingerprint density at radius 3 is 2.26 bits per heavy atom. The van der Waals surface area contributed by atoms with E-state index in [2.05, 4.69) is 0 Å². The second kappa shape index (κ2) is 6.78. The topological polar surface area (TPSA) is 66.6 Å². The highest BCUT2D eigenvalue weighted by molar-refractivity contribution is 5.94. The Morgan fingerprint density at radius 1 is 1.05 bits per heavy atom. The first-order valence-electron chi connectivity index (χ1n) is 5.58. The molecule has 0 aliphatic rings. The smallest absolute Gasteiger partial charge is 0.245 e. The van der Waals surface area contributed by atoms with Gasteiger partial charge in [0.15, 0.2) is 0 Å². The van der Waals surface area contributed by atoms with Crippen molar-refractivity contribution in [3.05, 3.63) is 60.2 Å². The first-order chi connectivity index (χ1) is 8.68. The number of rotatable bonds is 3. The highest BCUT2D eigenvalue weighted by Gasteiger charge is 2.14. The molecule has 2 aromatic rings. The van der Waals surface area contributed by atoms with E-state index in [1.165, 1.54) is 6.07 Å². The Hall–Kier alpha value is -2.04. The van der Waals surface area contributed by atoms with Crippen LogP contribution < -0.4 is 10.9 Å². The molecular weight excluding hydrogens is 264 g/mol. The summed E-state index contributed by atoms with van der Waals surface area (Å²) in [6, 6.07) is 15.8. The molecule has 1 amide bonds. The summed E-state index contributed by atoms with van der Waals surface area (Å²) in [7, 11) is 0. The van der Waals surface area contributed by atoms with Crippen molar-refractivity contribution >= 4 is 24.0 Å². The quantitative estimate of drug-likeness (QED) is 0.514. The van der Waals surface area contributed by atoms with E-state index in [0.717, 1.165) is 10.6 Å². The molecule has 5 heteroatoms. The zero-order valence-electron chi connectivity index (χ0n) is 10.2. The van der Waals surface area contributed by atoms with Crippen molar-refractivity contribution in [3.63, 3.8) is 0 Å². The van der Waals surface area contributed by atoms with Gasteiger partial charge in [-0.15, -0.1) is 12.4 Å². The predicted molar refractivity (Wildman–Crippen MR) is 77.2 cm³/mol. The maximum absolute atomic E-state index is 12.0. The molecular formula is C14H15ClN2O2. The number of benzene rings is 2. The lowest BCUT2D eigenvalue weighted by molar-refractivity contribution is -0.118. The van der Waals surface area contributed by atoms with E-state index in [0.29, 0.717) is 5.69 Å². The van der Waals surface area contributed by atoms with Crippen molar-refractivity contribution in [2.75, 3.05) is 5.01 Å². The number of aromatic hydroxyl groups is 1. The van der Waals surface area contributed by atoms with Crippen LogP contribution in [0.3, 0.4) is 0 Å². The van der Waals surface area contributed by atoms with Gasteiger partial charge in [0.1, 0.15) is 11.4 Å². The number of hydrazine groups is 1. The minimum absolute atomic E-state index is 0. The number of nitrogens with zero attached hydrogens (tertiary/aromatic N) is 1. The number of nitrogens with two attached hydrogens (primary N) is 1. The fraction of sp³-hybridized carbons (Fsp3) is 0.0714. The lowest BCUT2D eigenvalue weighted by Crippen LogP contribution is -2.38. The van der Waals surface area contributed by atoms with Crippen LogP contribution in [0.2, 0.25) is 0 Å². The Bertz CT molecular complexity index is 546. The second-order valence-electron chi connectivity index (χ2n) is 3.91. The molecule has 0 fully saturated rings. The number of hydrogen-bond donors (Lipinski definition) is 2. The van der Waals surface area contributed by atoms with E-state index in [1.54, 1.807) is 18.2 Å². The molecule has 2 rings (SSSR count). The van der Waals surface area contributed by atoms with Crippen molar-refractivity contribution < 1.29 is 9.90 Å². The summed E-state index contributed by atoms with van der Waals surface area (Å²) in [6.07, 6.45) is 0.200. The van der Waals surface area contributed by atoms with Crippen molar-refractivity contribution in [1.29, 1.82) is 0 Å². The first-order valence-corrected chi connectivity index (χ1v) is 5.58. The van der Waals surface area contributed by atoms with Crippen LogP contribution >= 0.6 is 12.4 Å². The molecule has 0 aliphatic carbocycles. The van der Waals surface area contributed by atoms with Crippen LogP contribution in [0.4, 0.5) is 5.69 Å². The third-order valence-corrected chi connectivity index (χ3v) is 2.61. The van der Waals surface area contributed by atoms with Crippen LogP contribution in [-0.2, 0) is 11.2 Å². The summed E-state index contributed by atoms with van der Waals surface area (Å²) in [5, 5.41) is 10.6. The van der Waals surface area contributed by atoms with Crippen LogP contribution in [0.1, 0.15) is 5.56 Å². The van der Waals surface area contributed by atoms with Crippen molar-refractivity contribution in [1.82, 2.24) is 0 Å². The van der Waals surface area contributed by atoms with E-state index < -0.39 is 0 Å². The van der Waals surface area contributed by atoms with Gasteiger partial charge < -0.3 is 5.11 Å². The maximum atomic E-state index is 12.0. The summed E-state index contributed by atoms with van der Waals surface area (Å²) in [5.41, 5.74) is 1.19. The van der Waals surface area contributed by atoms with E-state index in [-0.39, 0.29) is 30.5 Å². The van der Waals surface area contributed by atoms with E-state index in [9.17, 15) is 9.90 Å². The van der Waals surface area contributed by atoms with Gasteiger partial charge in [0.25, 0.3) is 0 Å². The highest BCUT2D eigenvalue weighted by Crippen LogP contribution is 2.24. The minimum Gasteiger partial charge on any atom is -0.506 e. The number of carbonyl (C=O) groups is 1. The minimum atomic E-state index is -0.275. The van der Waals surface area contributed by atoms with Gasteiger partial charge in [-0.05, 0) is 17.7 Å². The van der Waals surface area contributed by atoms with Crippen LogP contribution in [-0.4, -0.2) is 11.0 Å². The van der Waals surface area contributed by atoms with Gasteiger partial charge in [-0.1, -0.05) is 42.5 Å². The van der Waals surface area contributed by atoms with Gasteiger partial charge >= 0.3 is 0 Å². The molecule has 0 spiro atoms. The molecule has 0 saturated heterocycles. The van der Waals surface area contributed by atoms with Gasteiger partial charge in [-0.2, -0.15) is 0 Å². The van der Waals surface area contributed by atoms with E-state index in [1.807, 2.05) is 30.3 Å². The van der Waals surface area contributed by atoms with Gasteiger partial charge in [0.05, 0.1) is 6.42 Å². The summed E-state index contributed by atoms with van der Waals surface area (Å²) in [5.74, 6) is 5.42. The normalized spacial score (nSPS) is 9.53. The van der Waals surface area contributed by atoms with Crippen molar-refractivity contribution in [2.45, 2.75) is 6.42 Å². The Morgan fingerprint density at radius 2 is 1.63 bits per heavy atom. The van der Waals surface area contributed by atoms with Crippen LogP contribution in [0.15, 0.2) is 54.6 Å². The zero-order chi connectivity index (χ0) is 13.0. The summed E-state index contributed by atoms with van der Waals surface area (Å²) in [6.45, 7) is 0. The maximum Gasteiger partial charge on any atom is 0.245 e. The average Bonchev–Trinajstić information content (AvgIpc) is 2.39. The molecule has 0 aromatic heterocycles. The molecule has 19 heavy (non-hydrogen) atoms. The molecule has 0 aliphatic heterocycles. The molecule has 4 nitrogen and oxygen atoms in total. The largest absolute Gasteiger partial charge is 0.506 e. The lowest BCUT2D eigenvalue weighted by Gasteiger charge is -2.17. The predicted octanol–water partition coefficient (Wildman–Crippen LogP) is 2.26. The molecule has 0 heterocycles. The molecule has 0 radical (unpaired) electrons. The van der Waals surface area contributed by atoms with Crippen LogP contribution in [0, 0.1) is 0 Å². The third-order valence-electron chi connectivity index (χ3n) is 2.61. The molecule has 2 aromatic carbocycles. The van der Waals surface area contributed by atoms with Crippen LogP contribution in [0.5, 0.6) is 5.75 Å². The first kappa shape index (κ1) is 15.0. The Kier molecular flexibility index (Phi) is 5.36. The number of amides is 1. The molecule has 100 valence electrons.